The predicted octanol–water partition coefficient (Wildman–Crippen LogP) is 2.14. The summed E-state index contributed by atoms with van der Waals surface area (Å²) in [5.74, 6) is 1.40. The number of amides is 2. The maximum atomic E-state index is 12.1. The van der Waals surface area contributed by atoms with Crippen molar-refractivity contribution in [1.82, 2.24) is 5.32 Å². The Morgan fingerprint density at radius 3 is 2.30 bits per heavy atom. The summed E-state index contributed by atoms with van der Waals surface area (Å²) in [6.45, 7) is 0. The molecule has 2 amide bonds. The molecule has 23 heavy (non-hydrogen) atoms. The van der Waals surface area contributed by atoms with Crippen LogP contribution in [-0.2, 0) is 0 Å². The maximum Gasteiger partial charge on any atom is 0.319 e. The number of carbonyl (C=O) groups excluding carboxylic acids is 1. The molecule has 0 saturated heterocycles. The van der Waals surface area contributed by atoms with Crippen molar-refractivity contribution in [3.63, 3.8) is 0 Å². The van der Waals surface area contributed by atoms with E-state index in [1.165, 1.54) is 21.3 Å². The van der Waals surface area contributed by atoms with Crippen molar-refractivity contribution in [2.45, 2.75) is 37.8 Å². The first-order chi connectivity index (χ1) is 11.1. The number of methoxy groups -OCH3 is 3. The number of anilines is 1. The Labute approximate surface area is 135 Å². The number of aliphatic hydroxyl groups is 1. The van der Waals surface area contributed by atoms with Crippen molar-refractivity contribution in [1.29, 1.82) is 0 Å². The molecule has 7 heteroatoms. The van der Waals surface area contributed by atoms with E-state index >= 15 is 0 Å². The van der Waals surface area contributed by atoms with Gasteiger partial charge in [0.2, 0.25) is 5.75 Å². The van der Waals surface area contributed by atoms with Gasteiger partial charge in [-0.1, -0.05) is 0 Å². The molecule has 0 unspecified atom stereocenters. The molecule has 0 bridgehead atoms. The molecular weight excluding hydrogens is 300 g/mol. The van der Waals surface area contributed by atoms with E-state index in [4.69, 9.17) is 14.2 Å². The Kier molecular flexibility index (Phi) is 5.92. The number of nitrogens with one attached hydrogen (secondary N) is 2. The van der Waals surface area contributed by atoms with Gasteiger partial charge in [0.25, 0.3) is 0 Å². The van der Waals surface area contributed by atoms with E-state index in [2.05, 4.69) is 10.6 Å². The Hall–Kier alpha value is -2.15. The Balaban J connectivity index is 2.05. The van der Waals surface area contributed by atoms with Crippen LogP contribution in [0.3, 0.4) is 0 Å². The molecule has 1 aromatic carbocycles. The summed E-state index contributed by atoms with van der Waals surface area (Å²) in [5, 5.41) is 15.3. The van der Waals surface area contributed by atoms with Crippen LogP contribution in [0.25, 0.3) is 0 Å². The largest absolute Gasteiger partial charge is 0.493 e. The van der Waals surface area contributed by atoms with Crippen LogP contribution in [0.2, 0.25) is 0 Å². The molecule has 0 radical (unpaired) electrons. The minimum atomic E-state index is -0.338. The fraction of sp³-hybridized carbons (Fsp3) is 0.562. The van der Waals surface area contributed by atoms with E-state index in [1.807, 2.05) is 0 Å². The van der Waals surface area contributed by atoms with Crippen LogP contribution in [0.5, 0.6) is 17.2 Å². The lowest BCUT2D eigenvalue weighted by molar-refractivity contribution is 0.114. The maximum absolute atomic E-state index is 12.1. The van der Waals surface area contributed by atoms with Gasteiger partial charge >= 0.3 is 6.03 Å². The van der Waals surface area contributed by atoms with Gasteiger partial charge in [-0.25, -0.2) is 4.79 Å². The molecule has 3 N–H and O–H groups in total. The second-order valence-corrected chi connectivity index (χ2v) is 5.53. The van der Waals surface area contributed by atoms with Crippen molar-refractivity contribution >= 4 is 11.7 Å². The molecule has 1 saturated carbocycles. The molecule has 7 nitrogen and oxygen atoms in total. The Morgan fingerprint density at radius 2 is 1.78 bits per heavy atom. The number of hydrogen-bond donors (Lipinski definition) is 3. The molecule has 1 aliphatic rings. The zero-order valence-electron chi connectivity index (χ0n) is 13.7. The van der Waals surface area contributed by atoms with Gasteiger partial charge in [0.15, 0.2) is 11.5 Å². The Morgan fingerprint density at radius 1 is 1.13 bits per heavy atom. The van der Waals surface area contributed by atoms with Gasteiger partial charge in [0.05, 0.1) is 33.1 Å². The summed E-state index contributed by atoms with van der Waals surface area (Å²) in [7, 11) is 4.56. The lowest BCUT2D eigenvalue weighted by Crippen LogP contribution is -2.41. The molecule has 0 spiro atoms. The number of hydrogen-bond acceptors (Lipinski definition) is 5. The molecular formula is C16H24N2O5. The number of ether oxygens (including phenoxy) is 3. The van der Waals surface area contributed by atoms with E-state index in [1.54, 1.807) is 12.1 Å². The highest BCUT2D eigenvalue weighted by atomic mass is 16.5. The van der Waals surface area contributed by atoms with Crippen LogP contribution in [0, 0.1) is 0 Å². The second-order valence-electron chi connectivity index (χ2n) is 5.53. The van der Waals surface area contributed by atoms with Gasteiger partial charge in [-0.15, -0.1) is 0 Å². The number of aliphatic hydroxyl groups excluding tert-OH is 1. The number of urea groups is 1. The van der Waals surface area contributed by atoms with Crippen LogP contribution in [0.4, 0.5) is 10.5 Å². The van der Waals surface area contributed by atoms with Crippen LogP contribution in [0.15, 0.2) is 12.1 Å². The molecule has 0 aliphatic heterocycles. The van der Waals surface area contributed by atoms with Gasteiger partial charge in [-0.05, 0) is 25.7 Å². The summed E-state index contributed by atoms with van der Waals surface area (Å²) in [6, 6.07) is 2.99. The fourth-order valence-corrected chi connectivity index (χ4v) is 2.80. The van der Waals surface area contributed by atoms with E-state index in [0.29, 0.717) is 29.4 Å². The molecule has 1 fully saturated rings. The molecule has 2 rings (SSSR count). The average Bonchev–Trinajstić information content (AvgIpc) is 2.53. The normalized spacial score (nSPS) is 20.5. The molecule has 0 aromatic heterocycles. The molecule has 2 atom stereocenters. The van der Waals surface area contributed by atoms with E-state index < -0.39 is 0 Å². The molecule has 128 valence electrons. The molecule has 1 aliphatic carbocycles. The molecule has 1 aromatic rings. The van der Waals surface area contributed by atoms with Gasteiger partial charge < -0.3 is 30.0 Å². The zero-order chi connectivity index (χ0) is 16.8. The highest BCUT2D eigenvalue weighted by molar-refractivity contribution is 5.90. The van der Waals surface area contributed by atoms with Crippen molar-refractivity contribution in [2.24, 2.45) is 0 Å². The topological polar surface area (TPSA) is 89.1 Å². The first-order valence-electron chi connectivity index (χ1n) is 7.63. The number of rotatable bonds is 5. The average molecular weight is 324 g/mol. The lowest BCUT2D eigenvalue weighted by Gasteiger charge is -2.26. The van der Waals surface area contributed by atoms with Gasteiger partial charge in [0.1, 0.15) is 0 Å². The van der Waals surface area contributed by atoms with Crippen LogP contribution >= 0.6 is 0 Å². The SMILES string of the molecule is COc1cc(NC(=O)N[C@H]2CCC[C@H](O)C2)cc(OC)c1OC. The van der Waals surface area contributed by atoms with E-state index in [9.17, 15) is 9.90 Å². The van der Waals surface area contributed by atoms with E-state index in [-0.39, 0.29) is 18.2 Å². The summed E-state index contributed by atoms with van der Waals surface area (Å²) in [5.41, 5.74) is 0.536. The third-order valence-electron chi connectivity index (χ3n) is 3.90. The third kappa shape index (κ3) is 4.41. The van der Waals surface area contributed by atoms with Crippen molar-refractivity contribution < 1.29 is 24.1 Å². The Bertz CT molecular complexity index is 524. The lowest BCUT2D eigenvalue weighted by atomic mass is 9.93. The quantitative estimate of drug-likeness (QED) is 0.772. The van der Waals surface area contributed by atoms with Gasteiger partial charge in [-0.3, -0.25) is 0 Å². The summed E-state index contributed by atoms with van der Waals surface area (Å²) in [4.78, 5) is 12.1. The van der Waals surface area contributed by atoms with Gasteiger partial charge in [0, 0.05) is 18.2 Å². The summed E-state index contributed by atoms with van der Waals surface area (Å²) < 4.78 is 15.8. The monoisotopic (exact) mass is 324 g/mol. The first kappa shape index (κ1) is 17.2. The summed E-state index contributed by atoms with van der Waals surface area (Å²) >= 11 is 0. The molecule has 0 heterocycles. The minimum Gasteiger partial charge on any atom is -0.493 e. The standard InChI is InChI=1S/C16H24N2O5/c1-21-13-8-11(9-14(22-2)15(13)23-3)18-16(20)17-10-5-4-6-12(19)7-10/h8-10,12,19H,4-7H2,1-3H3,(H2,17,18,20)/t10-,12-/m0/s1. The minimum absolute atomic E-state index is 0.0132. The van der Waals surface area contributed by atoms with Crippen LogP contribution < -0.4 is 24.8 Å². The van der Waals surface area contributed by atoms with Crippen molar-refractivity contribution in [3.8, 4) is 17.2 Å². The van der Waals surface area contributed by atoms with Crippen LogP contribution in [0.1, 0.15) is 25.7 Å². The van der Waals surface area contributed by atoms with Gasteiger partial charge in [-0.2, -0.15) is 0 Å². The third-order valence-corrected chi connectivity index (χ3v) is 3.90. The highest BCUT2D eigenvalue weighted by Crippen LogP contribution is 2.39. The van der Waals surface area contributed by atoms with Crippen molar-refractivity contribution in [2.75, 3.05) is 26.6 Å². The summed E-state index contributed by atoms with van der Waals surface area (Å²) in [6.07, 6.45) is 2.83. The number of benzene rings is 1. The first-order valence-corrected chi connectivity index (χ1v) is 7.63. The number of carbonyl (C=O) groups is 1. The zero-order valence-corrected chi connectivity index (χ0v) is 13.7. The predicted molar refractivity (Wildman–Crippen MR) is 86.5 cm³/mol. The second kappa shape index (κ2) is 7.92. The fourth-order valence-electron chi connectivity index (χ4n) is 2.80. The smallest absolute Gasteiger partial charge is 0.319 e. The van der Waals surface area contributed by atoms with Crippen LogP contribution in [-0.4, -0.2) is 44.6 Å². The van der Waals surface area contributed by atoms with E-state index in [0.717, 1.165) is 19.3 Å². The highest BCUT2D eigenvalue weighted by Gasteiger charge is 2.22. The van der Waals surface area contributed by atoms with Crippen molar-refractivity contribution in [3.05, 3.63) is 12.1 Å².